The Bertz CT molecular complexity index is 954. The van der Waals surface area contributed by atoms with Crippen molar-refractivity contribution in [2.45, 2.75) is 70.9 Å². The third kappa shape index (κ3) is 6.03. The average Bonchev–Trinajstić information content (AvgIpc) is 3.05. The summed E-state index contributed by atoms with van der Waals surface area (Å²) in [5, 5.41) is 18.3. The molecule has 0 radical (unpaired) electrons. The largest absolute Gasteiger partial charge is 0.510 e. The van der Waals surface area contributed by atoms with E-state index in [0.29, 0.717) is 12.3 Å². The van der Waals surface area contributed by atoms with Crippen molar-refractivity contribution < 1.29 is 28.5 Å². The number of aromatic nitrogens is 1. The fraction of sp³-hybridized carbons (Fsp3) is 0.542. The van der Waals surface area contributed by atoms with Crippen LogP contribution in [0.15, 0.2) is 24.3 Å². The van der Waals surface area contributed by atoms with Crippen molar-refractivity contribution in [1.29, 1.82) is 0 Å². The molecule has 0 fully saturated rings. The Kier molecular flexibility index (Phi) is 8.57. The summed E-state index contributed by atoms with van der Waals surface area (Å²) in [6.45, 7) is 5.62. The maximum Gasteiger partial charge on any atom is 0.510 e. The number of hydrogen-bond acceptors (Lipinski definition) is 4. The second kappa shape index (κ2) is 11.2. The zero-order valence-corrected chi connectivity index (χ0v) is 19.6. The van der Waals surface area contributed by atoms with Crippen LogP contribution in [0.4, 0.5) is 4.39 Å². The highest BCUT2D eigenvalue weighted by atomic mass is 31.1. The number of aliphatic carboxylic acids is 1. The van der Waals surface area contributed by atoms with Crippen molar-refractivity contribution >= 4 is 14.0 Å². The van der Waals surface area contributed by atoms with E-state index in [-0.39, 0.29) is 18.6 Å². The Balaban J connectivity index is 1.76. The molecule has 174 valence electrons. The number of halogens is 1. The molecule has 2 atom stereocenters. The highest BCUT2D eigenvalue weighted by Gasteiger charge is 2.28. The quantitative estimate of drug-likeness (QED) is 0.349. The van der Waals surface area contributed by atoms with Crippen LogP contribution < -0.4 is 0 Å². The number of benzene rings is 1. The molecular weight excluding hydrogens is 432 g/mol. The fourth-order valence-corrected chi connectivity index (χ4v) is 5.51. The van der Waals surface area contributed by atoms with Crippen LogP contribution in [0.25, 0.3) is 11.1 Å². The number of fused-ring (bicyclic) bond motifs is 1. The highest BCUT2D eigenvalue weighted by Crippen LogP contribution is 2.40. The number of aliphatic hydroxyl groups excluding tert-OH is 1. The predicted molar refractivity (Wildman–Crippen MR) is 122 cm³/mol. The van der Waals surface area contributed by atoms with Gasteiger partial charge in [0.25, 0.3) is 0 Å². The van der Waals surface area contributed by atoms with Gasteiger partial charge in [0, 0.05) is 23.5 Å². The summed E-state index contributed by atoms with van der Waals surface area (Å²) in [4.78, 5) is 10.6. The van der Waals surface area contributed by atoms with Gasteiger partial charge in [-0.1, -0.05) is 26.0 Å². The Morgan fingerprint density at radius 2 is 1.97 bits per heavy atom. The molecule has 0 spiro atoms. The van der Waals surface area contributed by atoms with Crippen molar-refractivity contribution in [2.24, 2.45) is 0 Å². The number of aliphatic hydroxyl groups is 1. The first-order chi connectivity index (χ1) is 15.3. The standard InChI is InChI=1S/C24H31FNO5P/c1-16(2)24-20(6-5-13-31-32(30)15-19(27)14-22(28)29)23(17-8-10-18(25)11-9-17)21-7-3-4-12-26(21)24/h8-11,16,19,27H,3-7,12-15H2,1-2H3/p+1. The van der Waals surface area contributed by atoms with Gasteiger partial charge in [-0.15, -0.1) is 4.52 Å². The first-order valence-electron chi connectivity index (χ1n) is 11.3. The van der Waals surface area contributed by atoms with Gasteiger partial charge in [0.2, 0.25) is 6.16 Å². The maximum atomic E-state index is 13.6. The monoisotopic (exact) mass is 464 g/mol. The Morgan fingerprint density at radius 1 is 1.25 bits per heavy atom. The summed E-state index contributed by atoms with van der Waals surface area (Å²) in [6, 6.07) is 6.67. The zero-order valence-electron chi connectivity index (χ0n) is 18.7. The Labute approximate surface area is 189 Å². The van der Waals surface area contributed by atoms with Crippen LogP contribution in [0.1, 0.15) is 62.4 Å². The SMILES string of the molecule is CC(C)c1c(CCCO[P+](=O)CC(O)CC(=O)O)c(-c2ccc(F)cc2)c2n1CCCC2. The first kappa shape index (κ1) is 24.6. The van der Waals surface area contributed by atoms with Gasteiger partial charge in [0.15, 0.2) is 0 Å². The van der Waals surface area contributed by atoms with Crippen LogP contribution in [0.5, 0.6) is 0 Å². The summed E-state index contributed by atoms with van der Waals surface area (Å²) in [5.41, 5.74) is 6.07. The maximum absolute atomic E-state index is 13.6. The van der Waals surface area contributed by atoms with Gasteiger partial charge in [-0.3, -0.25) is 4.79 Å². The number of hydrogen-bond donors (Lipinski definition) is 2. The molecule has 2 N–H and O–H groups in total. The first-order valence-corrected chi connectivity index (χ1v) is 12.6. The second-order valence-corrected chi connectivity index (χ2v) is 9.95. The molecule has 2 unspecified atom stereocenters. The summed E-state index contributed by atoms with van der Waals surface area (Å²) >= 11 is 0. The van der Waals surface area contributed by atoms with Gasteiger partial charge in [0.05, 0.1) is 6.42 Å². The van der Waals surface area contributed by atoms with Gasteiger partial charge in [-0.2, -0.15) is 0 Å². The molecule has 1 aliphatic rings. The van der Waals surface area contributed by atoms with E-state index in [0.717, 1.165) is 37.8 Å². The summed E-state index contributed by atoms with van der Waals surface area (Å²) < 4.78 is 33.4. The van der Waals surface area contributed by atoms with Crippen LogP contribution in [0.2, 0.25) is 0 Å². The summed E-state index contributed by atoms with van der Waals surface area (Å²) in [5.74, 6) is -1.05. The van der Waals surface area contributed by atoms with Gasteiger partial charge in [-0.05, 0) is 65.8 Å². The molecule has 0 saturated carbocycles. The smallest absolute Gasteiger partial charge is 0.481 e. The predicted octanol–water partition coefficient (Wildman–Crippen LogP) is 5.28. The van der Waals surface area contributed by atoms with Gasteiger partial charge in [-0.25, -0.2) is 4.39 Å². The molecule has 1 aliphatic heterocycles. The van der Waals surface area contributed by atoms with Gasteiger partial charge >= 0.3 is 14.0 Å². The molecule has 0 bridgehead atoms. The molecule has 1 aromatic heterocycles. The van der Waals surface area contributed by atoms with Crippen molar-refractivity contribution in [3.8, 4) is 11.1 Å². The zero-order chi connectivity index (χ0) is 23.3. The normalized spacial score (nSPS) is 15.0. The van der Waals surface area contributed by atoms with Crippen molar-refractivity contribution in [2.75, 3.05) is 12.8 Å². The number of carboxylic acids is 1. The minimum absolute atomic E-state index is 0.180. The number of carbonyl (C=O) groups is 1. The van der Waals surface area contributed by atoms with E-state index in [1.54, 1.807) is 0 Å². The van der Waals surface area contributed by atoms with Crippen LogP contribution in [0, 0.1) is 5.82 Å². The van der Waals surface area contributed by atoms with Gasteiger partial charge < -0.3 is 14.8 Å². The topological polar surface area (TPSA) is 88.8 Å². The third-order valence-electron chi connectivity index (χ3n) is 5.82. The molecule has 2 aromatic rings. The van der Waals surface area contributed by atoms with Crippen LogP contribution in [-0.2, 0) is 33.3 Å². The van der Waals surface area contributed by atoms with E-state index in [1.165, 1.54) is 34.6 Å². The molecule has 2 heterocycles. The van der Waals surface area contributed by atoms with E-state index < -0.39 is 26.5 Å². The van der Waals surface area contributed by atoms with Crippen LogP contribution >= 0.6 is 8.03 Å². The third-order valence-corrected chi connectivity index (χ3v) is 7.01. The minimum atomic E-state index is -2.11. The van der Waals surface area contributed by atoms with Gasteiger partial charge in [0.1, 0.15) is 18.5 Å². The molecular formula is C24H32FNO5P+. The summed E-state index contributed by atoms with van der Waals surface area (Å²) in [6.07, 6.45) is 2.86. The summed E-state index contributed by atoms with van der Waals surface area (Å²) in [7, 11) is -2.11. The second-order valence-electron chi connectivity index (χ2n) is 8.66. The molecule has 0 aliphatic carbocycles. The highest BCUT2D eigenvalue weighted by molar-refractivity contribution is 7.39. The number of rotatable bonds is 11. The number of nitrogens with zero attached hydrogens (tertiary/aromatic N) is 1. The van der Waals surface area contributed by atoms with E-state index in [9.17, 15) is 18.9 Å². The van der Waals surface area contributed by atoms with Crippen molar-refractivity contribution in [1.82, 2.24) is 4.57 Å². The molecule has 3 rings (SSSR count). The minimum Gasteiger partial charge on any atom is -0.481 e. The Hall–Kier alpha value is -2.08. The van der Waals surface area contributed by atoms with E-state index in [1.807, 2.05) is 12.1 Å². The lowest BCUT2D eigenvalue weighted by Crippen LogP contribution is -2.15. The van der Waals surface area contributed by atoms with E-state index in [2.05, 4.69) is 18.4 Å². The van der Waals surface area contributed by atoms with E-state index >= 15 is 0 Å². The van der Waals surface area contributed by atoms with Crippen LogP contribution in [-0.4, -0.2) is 39.6 Å². The lowest BCUT2D eigenvalue weighted by atomic mass is 9.93. The number of carboxylic acid groups (broad SMARTS) is 1. The lowest BCUT2D eigenvalue weighted by Gasteiger charge is -2.20. The molecule has 0 amide bonds. The van der Waals surface area contributed by atoms with Crippen LogP contribution in [0.3, 0.4) is 0 Å². The fourth-order valence-electron chi connectivity index (χ4n) is 4.60. The lowest BCUT2D eigenvalue weighted by molar-refractivity contribution is -0.138. The molecule has 6 nitrogen and oxygen atoms in total. The van der Waals surface area contributed by atoms with E-state index in [4.69, 9.17) is 9.63 Å². The molecule has 1 aromatic carbocycles. The average molecular weight is 464 g/mol. The van der Waals surface area contributed by atoms with Crippen molar-refractivity contribution in [3.05, 3.63) is 47.0 Å². The van der Waals surface area contributed by atoms with Crippen molar-refractivity contribution in [3.63, 3.8) is 0 Å². The molecule has 0 saturated heterocycles. The Morgan fingerprint density at radius 3 is 2.62 bits per heavy atom. The molecule has 32 heavy (non-hydrogen) atoms. The molecule has 8 heteroatoms.